The average molecular weight is 621 g/mol. The number of hydrogen-bond acceptors (Lipinski definition) is 8. The van der Waals surface area contributed by atoms with Crippen LogP contribution in [0.25, 0.3) is 0 Å². The Morgan fingerprint density at radius 1 is 0.690 bits per heavy atom. The second kappa shape index (κ2) is 21.9. The Balaban J connectivity index is 1.81. The molecule has 0 spiro atoms. The minimum absolute atomic E-state index is 0.134. The van der Waals surface area contributed by atoms with Crippen LogP contribution in [0.5, 0.6) is 0 Å². The van der Waals surface area contributed by atoms with Gasteiger partial charge in [0.1, 0.15) is 31.1 Å². The molecule has 248 valence electrons. The monoisotopic (exact) mass is 620 g/mol. The van der Waals surface area contributed by atoms with Gasteiger partial charge in [0.2, 0.25) is 0 Å². The van der Waals surface area contributed by atoms with Gasteiger partial charge < -0.3 is 20.1 Å². The highest BCUT2D eigenvalue weighted by Gasteiger charge is 2.55. The van der Waals surface area contributed by atoms with Gasteiger partial charge >= 0.3 is 13.8 Å². The average Bonchev–Trinajstić information content (AvgIpc) is 3.37. The zero-order chi connectivity index (χ0) is 30.6. The first-order valence-electron chi connectivity index (χ1n) is 17.0. The molecule has 0 aromatic rings. The topological polar surface area (TPSA) is 138 Å². The van der Waals surface area contributed by atoms with Crippen LogP contribution in [0, 0.1) is 0 Å². The van der Waals surface area contributed by atoms with Gasteiger partial charge in [-0.15, -0.1) is 0 Å². The van der Waals surface area contributed by atoms with Crippen LogP contribution in [-0.4, -0.2) is 76.7 Å². The van der Waals surface area contributed by atoms with E-state index in [4.69, 9.17) is 13.8 Å². The molecule has 5 atom stereocenters. The molecular formula is C31H61N2O8P. The minimum atomic E-state index is -3.95. The molecule has 0 aromatic heterocycles. The first-order valence-corrected chi connectivity index (χ1v) is 18.5. The number of aliphatic hydroxyl groups is 3. The van der Waals surface area contributed by atoms with Crippen LogP contribution in [0.4, 0.5) is 4.79 Å². The van der Waals surface area contributed by atoms with Crippen LogP contribution in [0.1, 0.15) is 142 Å². The summed E-state index contributed by atoms with van der Waals surface area (Å²) < 4.78 is 30.4. The molecule has 2 saturated heterocycles. The maximum absolute atomic E-state index is 13.8. The second-order valence-corrected chi connectivity index (χ2v) is 13.9. The number of carbonyl (C=O) groups excluding carboxylic acids is 1. The van der Waals surface area contributed by atoms with Crippen molar-refractivity contribution in [2.75, 3.05) is 19.8 Å². The van der Waals surface area contributed by atoms with Crippen molar-refractivity contribution in [1.82, 2.24) is 9.99 Å². The summed E-state index contributed by atoms with van der Waals surface area (Å²) in [5.74, 6) is 0. The largest absolute Gasteiger partial charge is 0.447 e. The van der Waals surface area contributed by atoms with Crippen molar-refractivity contribution < 1.29 is 38.5 Å². The summed E-state index contributed by atoms with van der Waals surface area (Å²) in [6.07, 6.45) is 16.6. The van der Waals surface area contributed by atoms with Gasteiger partial charge in [0, 0.05) is 0 Å². The zero-order valence-corrected chi connectivity index (χ0v) is 27.3. The highest BCUT2D eigenvalue weighted by Crippen LogP contribution is 2.46. The van der Waals surface area contributed by atoms with Gasteiger partial charge in [0.25, 0.3) is 0 Å². The lowest BCUT2D eigenvalue weighted by Crippen LogP contribution is -2.69. The quantitative estimate of drug-likeness (QED) is 0.0607. The SMILES string of the molecule is CCCCCCCCCCCCOP(=O)(N[C@@H]1C(O)C(O)[C@H](O)C2COC(=O)N21)OCCCCCCCCCCCC. The summed E-state index contributed by atoms with van der Waals surface area (Å²) in [6.45, 7) is 4.73. The number of hydrogen-bond donors (Lipinski definition) is 4. The number of carbonyl (C=O) groups is 1. The molecule has 2 aliphatic rings. The lowest BCUT2D eigenvalue weighted by Gasteiger charge is -2.44. The number of unbranched alkanes of at least 4 members (excludes halogenated alkanes) is 18. The summed E-state index contributed by atoms with van der Waals surface area (Å²) in [4.78, 5) is 13.5. The van der Waals surface area contributed by atoms with Crippen LogP contribution in [-0.2, 0) is 18.3 Å². The van der Waals surface area contributed by atoms with E-state index in [0.717, 1.165) is 30.6 Å². The van der Waals surface area contributed by atoms with Crippen molar-refractivity contribution in [3.63, 3.8) is 0 Å². The molecule has 0 radical (unpaired) electrons. The number of cyclic esters (lactones) is 1. The zero-order valence-electron chi connectivity index (χ0n) is 26.4. The number of nitrogens with zero attached hydrogens (tertiary/aromatic N) is 1. The number of ether oxygens (including phenoxy) is 1. The molecule has 4 N–H and O–H groups in total. The van der Waals surface area contributed by atoms with E-state index in [1.807, 2.05) is 0 Å². The number of rotatable bonds is 26. The lowest BCUT2D eigenvalue weighted by molar-refractivity contribution is -0.145. The number of nitrogens with one attached hydrogen (secondary N) is 1. The first-order chi connectivity index (χ1) is 20.3. The third-order valence-electron chi connectivity index (χ3n) is 8.47. The van der Waals surface area contributed by atoms with Crippen LogP contribution < -0.4 is 5.09 Å². The van der Waals surface area contributed by atoms with E-state index in [1.54, 1.807) is 0 Å². The Morgan fingerprint density at radius 2 is 1.10 bits per heavy atom. The summed E-state index contributed by atoms with van der Waals surface area (Å²) in [7, 11) is -3.95. The van der Waals surface area contributed by atoms with Crippen LogP contribution >= 0.6 is 7.75 Å². The van der Waals surface area contributed by atoms with E-state index in [1.165, 1.54) is 89.9 Å². The molecule has 3 unspecified atom stereocenters. The molecule has 2 rings (SSSR count). The van der Waals surface area contributed by atoms with Crippen molar-refractivity contribution in [3.8, 4) is 0 Å². The Morgan fingerprint density at radius 3 is 1.52 bits per heavy atom. The minimum Gasteiger partial charge on any atom is -0.447 e. The summed E-state index contributed by atoms with van der Waals surface area (Å²) in [6, 6.07) is -0.870. The maximum atomic E-state index is 13.8. The fourth-order valence-electron chi connectivity index (χ4n) is 5.77. The molecule has 0 aromatic carbocycles. The van der Waals surface area contributed by atoms with Crippen LogP contribution in [0.15, 0.2) is 0 Å². The lowest BCUT2D eigenvalue weighted by atomic mass is 9.93. The molecule has 2 fully saturated rings. The molecule has 0 aliphatic carbocycles. The fraction of sp³-hybridized carbons (Fsp3) is 0.968. The summed E-state index contributed by atoms with van der Waals surface area (Å²) in [5.41, 5.74) is 0. The third kappa shape index (κ3) is 13.5. The predicted octanol–water partition coefficient (Wildman–Crippen LogP) is 6.80. The summed E-state index contributed by atoms with van der Waals surface area (Å²) >= 11 is 0. The van der Waals surface area contributed by atoms with E-state index in [-0.39, 0.29) is 19.8 Å². The van der Waals surface area contributed by atoms with E-state index >= 15 is 0 Å². The number of piperidine rings is 1. The normalized spacial score (nSPS) is 24.3. The molecule has 0 saturated carbocycles. The van der Waals surface area contributed by atoms with Crippen molar-refractivity contribution in [3.05, 3.63) is 0 Å². The Kier molecular flexibility index (Phi) is 19.5. The predicted molar refractivity (Wildman–Crippen MR) is 165 cm³/mol. The van der Waals surface area contributed by atoms with Crippen molar-refractivity contribution in [2.24, 2.45) is 0 Å². The van der Waals surface area contributed by atoms with Gasteiger partial charge in [0.05, 0.1) is 19.3 Å². The van der Waals surface area contributed by atoms with Crippen molar-refractivity contribution in [1.29, 1.82) is 0 Å². The van der Waals surface area contributed by atoms with Crippen molar-refractivity contribution in [2.45, 2.75) is 173 Å². The van der Waals surface area contributed by atoms with Gasteiger partial charge in [-0.05, 0) is 12.8 Å². The van der Waals surface area contributed by atoms with E-state index in [2.05, 4.69) is 18.9 Å². The maximum Gasteiger partial charge on any atom is 0.411 e. The van der Waals surface area contributed by atoms with Gasteiger partial charge in [-0.25, -0.2) is 9.36 Å². The van der Waals surface area contributed by atoms with E-state index in [0.29, 0.717) is 12.8 Å². The Bertz CT molecular complexity index is 730. The summed E-state index contributed by atoms with van der Waals surface area (Å²) in [5, 5.41) is 34.2. The Labute approximate surface area is 254 Å². The smallest absolute Gasteiger partial charge is 0.411 e. The van der Waals surface area contributed by atoms with Crippen molar-refractivity contribution >= 4 is 13.8 Å². The van der Waals surface area contributed by atoms with Gasteiger partial charge in [-0.1, -0.05) is 129 Å². The van der Waals surface area contributed by atoms with Crippen LogP contribution in [0.3, 0.4) is 0 Å². The fourth-order valence-corrected chi connectivity index (χ4v) is 7.34. The molecule has 42 heavy (non-hydrogen) atoms. The standard InChI is InChI=1S/C31H61N2O8P/c1-3-5-7-9-11-13-15-17-19-21-23-40-42(38,41-24-22-20-18-16-14-12-10-8-6-4-2)32-30-29(36)28(35)27(34)26-25-39-31(37)33(26)30/h26-30,34-36H,3-25H2,1-2H3,(H,32,38)/t26?,27-,28?,29?,30+/m1/s1. The van der Waals surface area contributed by atoms with Crippen LogP contribution in [0.2, 0.25) is 0 Å². The number of aliphatic hydroxyl groups excluding tert-OH is 3. The molecule has 2 aliphatic heterocycles. The molecule has 1 amide bonds. The third-order valence-corrected chi connectivity index (χ3v) is 10.1. The Hall–Kier alpha value is -0.740. The van der Waals surface area contributed by atoms with Gasteiger partial charge in [-0.3, -0.25) is 13.9 Å². The van der Waals surface area contributed by atoms with Gasteiger partial charge in [0.15, 0.2) is 0 Å². The molecular weight excluding hydrogens is 559 g/mol. The second-order valence-electron chi connectivity index (χ2n) is 12.1. The molecule has 11 heteroatoms. The highest BCUT2D eigenvalue weighted by atomic mass is 31.2. The molecule has 0 bridgehead atoms. The number of fused-ring (bicyclic) bond motifs is 1. The van der Waals surface area contributed by atoms with E-state index < -0.39 is 44.4 Å². The van der Waals surface area contributed by atoms with E-state index in [9.17, 15) is 24.7 Å². The highest BCUT2D eigenvalue weighted by molar-refractivity contribution is 7.51. The molecule has 2 heterocycles. The molecule has 10 nitrogen and oxygen atoms in total. The number of amides is 1. The first kappa shape index (κ1) is 37.4. The van der Waals surface area contributed by atoms with Gasteiger partial charge in [-0.2, -0.15) is 5.09 Å².